The molecule has 0 aliphatic heterocycles. The van der Waals surface area contributed by atoms with Crippen molar-refractivity contribution in [1.29, 1.82) is 0 Å². The Hall–Kier alpha value is -2.75. The molecular formula is C17H13F4N3O2S. The summed E-state index contributed by atoms with van der Waals surface area (Å²) in [6, 6.07) is 6.96. The van der Waals surface area contributed by atoms with Crippen molar-refractivity contribution in [2.75, 3.05) is 6.26 Å². The van der Waals surface area contributed by atoms with Crippen LogP contribution in [0.25, 0.3) is 16.9 Å². The van der Waals surface area contributed by atoms with Gasteiger partial charge in [0.1, 0.15) is 10.7 Å². The van der Waals surface area contributed by atoms with E-state index in [1.54, 1.807) is 6.92 Å². The Bertz CT molecular complexity index is 1120. The average molecular weight is 399 g/mol. The number of benzene rings is 1. The van der Waals surface area contributed by atoms with E-state index < -0.39 is 32.4 Å². The van der Waals surface area contributed by atoms with Gasteiger partial charge in [-0.1, -0.05) is 6.07 Å². The van der Waals surface area contributed by atoms with Crippen molar-refractivity contribution in [3.63, 3.8) is 0 Å². The molecule has 0 N–H and O–H groups in total. The molecule has 0 aliphatic carbocycles. The minimum absolute atomic E-state index is 0.0441. The van der Waals surface area contributed by atoms with Crippen LogP contribution in [-0.4, -0.2) is 29.4 Å². The van der Waals surface area contributed by atoms with E-state index in [4.69, 9.17) is 0 Å². The lowest BCUT2D eigenvalue weighted by Crippen LogP contribution is -2.08. The second kappa shape index (κ2) is 6.45. The molecule has 0 radical (unpaired) electrons. The number of aromatic nitrogens is 3. The Labute approximate surface area is 152 Å². The number of hydrogen-bond acceptors (Lipinski definition) is 4. The minimum atomic E-state index is -4.71. The lowest BCUT2D eigenvalue weighted by Gasteiger charge is -2.10. The molecule has 1 aromatic carbocycles. The zero-order chi connectivity index (χ0) is 20.0. The van der Waals surface area contributed by atoms with Crippen LogP contribution in [0.15, 0.2) is 47.5 Å². The number of sulfone groups is 1. The molecule has 0 unspecified atom stereocenters. The lowest BCUT2D eigenvalue weighted by molar-refractivity contribution is -0.141. The Kier molecular flexibility index (Phi) is 4.54. The smallest absolute Gasteiger partial charge is 0.259 e. The van der Waals surface area contributed by atoms with Crippen LogP contribution >= 0.6 is 0 Å². The number of alkyl halides is 3. The van der Waals surface area contributed by atoms with Crippen LogP contribution in [0.2, 0.25) is 0 Å². The summed E-state index contributed by atoms with van der Waals surface area (Å²) in [4.78, 5) is 3.49. The van der Waals surface area contributed by atoms with Gasteiger partial charge < -0.3 is 0 Å². The lowest BCUT2D eigenvalue weighted by atomic mass is 10.1. The molecule has 10 heteroatoms. The molecule has 27 heavy (non-hydrogen) atoms. The van der Waals surface area contributed by atoms with E-state index in [-0.39, 0.29) is 16.9 Å². The number of rotatable bonds is 3. The molecule has 0 amide bonds. The predicted octanol–water partition coefficient (Wildman–Crippen LogP) is 3.80. The van der Waals surface area contributed by atoms with Crippen LogP contribution in [0.4, 0.5) is 17.6 Å². The van der Waals surface area contributed by atoms with Gasteiger partial charge in [-0.2, -0.15) is 18.3 Å². The largest absolute Gasteiger partial charge is 0.435 e. The van der Waals surface area contributed by atoms with Crippen LogP contribution in [0.5, 0.6) is 0 Å². The summed E-state index contributed by atoms with van der Waals surface area (Å²) in [7, 11) is -3.81. The van der Waals surface area contributed by atoms with Gasteiger partial charge in [-0.3, -0.25) is 4.98 Å². The summed E-state index contributed by atoms with van der Waals surface area (Å²) >= 11 is 0. The molecule has 0 aliphatic rings. The monoisotopic (exact) mass is 399 g/mol. The molecule has 0 fully saturated rings. The van der Waals surface area contributed by atoms with Crippen molar-refractivity contribution in [2.24, 2.45) is 0 Å². The maximum atomic E-state index is 14.2. The molecule has 3 rings (SSSR count). The van der Waals surface area contributed by atoms with E-state index in [0.717, 1.165) is 29.1 Å². The molecule has 2 heterocycles. The fourth-order valence-electron chi connectivity index (χ4n) is 2.57. The molecular weight excluding hydrogens is 386 g/mol. The van der Waals surface area contributed by atoms with Crippen molar-refractivity contribution in [2.45, 2.75) is 18.0 Å². The summed E-state index contributed by atoms with van der Waals surface area (Å²) in [5, 5.41) is 3.60. The first-order valence-electron chi connectivity index (χ1n) is 7.57. The molecule has 0 atom stereocenters. The minimum Gasteiger partial charge on any atom is -0.259 e. The maximum absolute atomic E-state index is 14.2. The molecule has 5 nitrogen and oxygen atoms in total. The van der Waals surface area contributed by atoms with Gasteiger partial charge in [0.15, 0.2) is 15.5 Å². The van der Waals surface area contributed by atoms with Crippen LogP contribution in [0, 0.1) is 12.7 Å². The van der Waals surface area contributed by atoms with Crippen molar-refractivity contribution in [1.82, 2.24) is 14.8 Å². The zero-order valence-corrected chi connectivity index (χ0v) is 14.9. The van der Waals surface area contributed by atoms with Crippen molar-refractivity contribution >= 4 is 9.84 Å². The Morgan fingerprint density at radius 3 is 2.37 bits per heavy atom. The van der Waals surface area contributed by atoms with Gasteiger partial charge in [-0.05, 0) is 37.3 Å². The summed E-state index contributed by atoms with van der Waals surface area (Å²) in [5.41, 5.74) is -0.448. The van der Waals surface area contributed by atoms with Gasteiger partial charge in [-0.15, -0.1) is 0 Å². The molecule has 0 bridgehead atoms. The fourth-order valence-corrected chi connectivity index (χ4v) is 3.30. The maximum Gasteiger partial charge on any atom is 0.435 e. The highest BCUT2D eigenvalue weighted by Crippen LogP contribution is 2.34. The van der Waals surface area contributed by atoms with Crippen molar-refractivity contribution in [3.8, 4) is 16.9 Å². The van der Waals surface area contributed by atoms with Gasteiger partial charge in [0.25, 0.3) is 0 Å². The van der Waals surface area contributed by atoms with Gasteiger partial charge >= 0.3 is 6.18 Å². The summed E-state index contributed by atoms with van der Waals surface area (Å²) in [6.45, 7) is 1.60. The highest BCUT2D eigenvalue weighted by molar-refractivity contribution is 7.90. The number of hydrogen-bond donors (Lipinski definition) is 0. The second-order valence-corrected chi connectivity index (χ2v) is 7.83. The normalized spacial score (nSPS) is 12.4. The highest BCUT2D eigenvalue weighted by Gasteiger charge is 2.35. The molecule has 0 saturated heterocycles. The molecule has 0 spiro atoms. The predicted molar refractivity (Wildman–Crippen MR) is 89.6 cm³/mol. The number of halogens is 4. The van der Waals surface area contributed by atoms with E-state index in [1.807, 2.05) is 0 Å². The third-order valence-corrected chi connectivity index (χ3v) is 4.96. The summed E-state index contributed by atoms with van der Waals surface area (Å²) in [5.74, 6) is -1.06. The average Bonchev–Trinajstić information content (AvgIpc) is 2.99. The second-order valence-electron chi connectivity index (χ2n) is 5.85. The summed E-state index contributed by atoms with van der Waals surface area (Å²) < 4.78 is 77.9. The first-order valence-corrected chi connectivity index (χ1v) is 9.47. The summed E-state index contributed by atoms with van der Waals surface area (Å²) in [6.07, 6.45) is -2.38. The first-order chi connectivity index (χ1) is 12.5. The molecule has 0 saturated carbocycles. The van der Waals surface area contributed by atoms with E-state index >= 15 is 0 Å². The number of pyridine rings is 1. The van der Waals surface area contributed by atoms with Crippen molar-refractivity contribution < 1.29 is 26.0 Å². The first kappa shape index (κ1) is 19.0. The van der Waals surface area contributed by atoms with Gasteiger partial charge in [-0.25, -0.2) is 17.5 Å². The van der Waals surface area contributed by atoms with Crippen LogP contribution in [-0.2, 0) is 16.0 Å². The van der Waals surface area contributed by atoms with Gasteiger partial charge in [0.05, 0.1) is 17.1 Å². The third-order valence-electron chi connectivity index (χ3n) is 3.83. The SMILES string of the molecule is Cc1ncccc1-n1nc(C(F)(F)F)cc1-c1ccc(S(C)(=O)=O)c(F)c1. The Morgan fingerprint density at radius 1 is 1.11 bits per heavy atom. The van der Waals surface area contributed by atoms with E-state index in [9.17, 15) is 26.0 Å². The van der Waals surface area contributed by atoms with Gasteiger partial charge in [0.2, 0.25) is 0 Å². The zero-order valence-electron chi connectivity index (χ0n) is 14.1. The number of nitrogens with zero attached hydrogens (tertiary/aromatic N) is 3. The fraction of sp³-hybridized carbons (Fsp3) is 0.176. The standard InChI is InChI=1S/C17H13F4N3O2S/c1-10-13(4-3-7-22-10)24-14(9-16(23-24)17(19,20)21)11-5-6-15(12(18)8-11)27(2,25)26/h3-9H,1-2H3. The topological polar surface area (TPSA) is 64.8 Å². The van der Waals surface area contributed by atoms with E-state index in [0.29, 0.717) is 5.69 Å². The van der Waals surface area contributed by atoms with E-state index in [2.05, 4.69) is 10.1 Å². The number of aryl methyl sites for hydroxylation is 1. The van der Waals surface area contributed by atoms with Crippen LogP contribution in [0.1, 0.15) is 11.4 Å². The molecule has 2 aromatic heterocycles. The third kappa shape index (κ3) is 3.70. The van der Waals surface area contributed by atoms with Crippen molar-refractivity contribution in [3.05, 3.63) is 59.8 Å². The molecule has 142 valence electrons. The Balaban J connectivity index is 2.25. The van der Waals surface area contributed by atoms with E-state index in [1.165, 1.54) is 24.4 Å². The van der Waals surface area contributed by atoms with Gasteiger partial charge in [0, 0.05) is 18.0 Å². The quantitative estimate of drug-likeness (QED) is 0.629. The molecule has 3 aromatic rings. The van der Waals surface area contributed by atoms with Crippen LogP contribution in [0.3, 0.4) is 0 Å². The Morgan fingerprint density at radius 2 is 1.81 bits per heavy atom. The highest BCUT2D eigenvalue weighted by atomic mass is 32.2. The van der Waals surface area contributed by atoms with Crippen LogP contribution < -0.4 is 0 Å².